The van der Waals surface area contributed by atoms with Gasteiger partial charge >= 0.3 is 0 Å². The summed E-state index contributed by atoms with van der Waals surface area (Å²) < 4.78 is 5.66. The summed E-state index contributed by atoms with van der Waals surface area (Å²) in [6.07, 6.45) is 2.55. The summed E-state index contributed by atoms with van der Waals surface area (Å²) in [7, 11) is 0. The number of aromatic amines is 1. The van der Waals surface area contributed by atoms with Crippen LogP contribution in [0.1, 0.15) is 21.4 Å². The number of amides is 2. The Labute approximate surface area is 183 Å². The zero-order chi connectivity index (χ0) is 21.6. The molecular weight excluding hydrogens is 444 g/mol. The van der Waals surface area contributed by atoms with Crippen molar-refractivity contribution >= 4 is 46.1 Å². The molecule has 0 aliphatic carbocycles. The molecule has 3 aromatic heterocycles. The van der Waals surface area contributed by atoms with E-state index in [4.69, 9.17) is 16.0 Å². The second kappa shape index (κ2) is 9.28. The molecule has 0 atom stereocenters. The number of nitrogens with one attached hydrogen (secondary N) is 3. The lowest BCUT2D eigenvalue weighted by Crippen LogP contribution is -2.19. The molecule has 156 valence electrons. The maximum atomic E-state index is 12.0. The van der Waals surface area contributed by atoms with Crippen molar-refractivity contribution in [2.75, 3.05) is 5.32 Å². The maximum absolute atomic E-state index is 12.0. The Hall–Kier alpha value is -3.90. The van der Waals surface area contributed by atoms with Gasteiger partial charge in [0.1, 0.15) is 22.9 Å². The summed E-state index contributed by atoms with van der Waals surface area (Å²) in [4.78, 5) is 27.6. The number of hydrogen-bond donors (Lipinski definition) is 3. The SMILES string of the molecule is O=C(Cc1nnc(NC(=O)c2ncn[nH]2)s1)NN=Cc1ccc(-c2ccc(Cl)cc2)o1. The van der Waals surface area contributed by atoms with Crippen LogP contribution in [0.2, 0.25) is 5.02 Å². The highest BCUT2D eigenvalue weighted by Crippen LogP contribution is 2.23. The molecule has 0 bridgehead atoms. The zero-order valence-corrected chi connectivity index (χ0v) is 17.1. The molecule has 4 aromatic rings. The van der Waals surface area contributed by atoms with Crippen molar-refractivity contribution in [3.05, 3.63) is 64.3 Å². The van der Waals surface area contributed by atoms with Crippen molar-refractivity contribution in [1.82, 2.24) is 30.8 Å². The Morgan fingerprint density at radius 2 is 2.03 bits per heavy atom. The van der Waals surface area contributed by atoms with Crippen molar-refractivity contribution < 1.29 is 14.0 Å². The first-order valence-corrected chi connectivity index (χ1v) is 9.93. The highest BCUT2D eigenvalue weighted by atomic mass is 35.5. The molecule has 0 radical (unpaired) electrons. The number of H-pyrrole nitrogens is 1. The average Bonchev–Trinajstić information content (AvgIpc) is 3.51. The highest BCUT2D eigenvalue weighted by Gasteiger charge is 2.14. The molecule has 0 saturated carbocycles. The quantitative estimate of drug-likeness (QED) is 0.285. The first kappa shape index (κ1) is 20.4. The van der Waals surface area contributed by atoms with Gasteiger partial charge in [-0.2, -0.15) is 10.2 Å². The van der Waals surface area contributed by atoms with Gasteiger partial charge in [0, 0.05) is 10.6 Å². The van der Waals surface area contributed by atoms with Crippen molar-refractivity contribution in [3.8, 4) is 11.3 Å². The normalized spacial score (nSPS) is 11.0. The number of anilines is 1. The third-order valence-electron chi connectivity index (χ3n) is 3.77. The summed E-state index contributed by atoms with van der Waals surface area (Å²) in [5.74, 6) is 0.258. The van der Waals surface area contributed by atoms with Gasteiger partial charge in [0.2, 0.25) is 16.9 Å². The summed E-state index contributed by atoms with van der Waals surface area (Å²) in [6, 6.07) is 10.7. The lowest BCUT2D eigenvalue weighted by Gasteiger charge is -1.97. The van der Waals surface area contributed by atoms with E-state index in [1.807, 2.05) is 12.1 Å². The molecule has 0 aliphatic heterocycles. The van der Waals surface area contributed by atoms with Crippen LogP contribution < -0.4 is 10.7 Å². The van der Waals surface area contributed by atoms with Gasteiger partial charge in [-0.1, -0.05) is 22.9 Å². The van der Waals surface area contributed by atoms with Crippen LogP contribution in [-0.2, 0) is 11.2 Å². The molecule has 13 heteroatoms. The van der Waals surface area contributed by atoms with E-state index < -0.39 is 11.8 Å². The van der Waals surface area contributed by atoms with E-state index in [-0.39, 0.29) is 17.4 Å². The van der Waals surface area contributed by atoms with Crippen molar-refractivity contribution in [2.24, 2.45) is 5.10 Å². The fourth-order valence-electron chi connectivity index (χ4n) is 2.38. The maximum Gasteiger partial charge on any atom is 0.294 e. The van der Waals surface area contributed by atoms with E-state index in [0.717, 1.165) is 16.9 Å². The first-order valence-electron chi connectivity index (χ1n) is 8.73. The van der Waals surface area contributed by atoms with Crippen LogP contribution >= 0.6 is 22.9 Å². The predicted octanol–water partition coefficient (Wildman–Crippen LogP) is 2.51. The number of hydrazone groups is 1. The van der Waals surface area contributed by atoms with Crippen molar-refractivity contribution in [3.63, 3.8) is 0 Å². The third kappa shape index (κ3) is 5.38. The Kier molecular flexibility index (Phi) is 6.10. The minimum absolute atomic E-state index is 0.0426. The number of rotatable bonds is 7. The molecule has 0 spiro atoms. The van der Waals surface area contributed by atoms with Crippen molar-refractivity contribution in [2.45, 2.75) is 6.42 Å². The fourth-order valence-corrected chi connectivity index (χ4v) is 3.24. The molecular formula is C18H13ClN8O3S. The number of hydrogen-bond acceptors (Lipinski definition) is 9. The fraction of sp³-hybridized carbons (Fsp3) is 0.0556. The molecule has 0 fully saturated rings. The molecule has 2 amide bonds. The van der Waals surface area contributed by atoms with Gasteiger partial charge in [-0.25, -0.2) is 10.4 Å². The van der Waals surface area contributed by atoms with Gasteiger partial charge in [0.25, 0.3) is 5.91 Å². The minimum Gasteiger partial charge on any atom is -0.455 e. The van der Waals surface area contributed by atoms with E-state index in [1.54, 1.807) is 24.3 Å². The van der Waals surface area contributed by atoms with E-state index >= 15 is 0 Å². The number of carbonyl (C=O) groups is 2. The summed E-state index contributed by atoms with van der Waals surface area (Å²) in [6.45, 7) is 0. The average molecular weight is 457 g/mol. The Morgan fingerprint density at radius 1 is 1.19 bits per heavy atom. The number of nitrogens with zero attached hydrogens (tertiary/aromatic N) is 5. The molecule has 4 rings (SSSR count). The smallest absolute Gasteiger partial charge is 0.294 e. The number of aromatic nitrogens is 5. The molecule has 0 unspecified atom stereocenters. The van der Waals surface area contributed by atoms with Crippen LogP contribution in [0.5, 0.6) is 0 Å². The van der Waals surface area contributed by atoms with E-state index in [9.17, 15) is 9.59 Å². The van der Waals surface area contributed by atoms with Crippen LogP contribution in [0.15, 0.2) is 52.2 Å². The third-order valence-corrected chi connectivity index (χ3v) is 4.86. The van der Waals surface area contributed by atoms with E-state index in [0.29, 0.717) is 21.6 Å². The lowest BCUT2D eigenvalue weighted by molar-refractivity contribution is -0.120. The van der Waals surface area contributed by atoms with Crippen LogP contribution in [0.4, 0.5) is 5.13 Å². The number of halogens is 1. The monoisotopic (exact) mass is 456 g/mol. The lowest BCUT2D eigenvalue weighted by atomic mass is 10.2. The van der Waals surface area contributed by atoms with Crippen LogP contribution in [0.3, 0.4) is 0 Å². The van der Waals surface area contributed by atoms with Gasteiger partial charge in [-0.05, 0) is 36.4 Å². The second-order valence-electron chi connectivity index (χ2n) is 5.97. The molecule has 0 saturated heterocycles. The molecule has 1 aromatic carbocycles. The van der Waals surface area contributed by atoms with Crippen LogP contribution in [-0.4, -0.2) is 43.4 Å². The standard InChI is InChI=1S/C18H13ClN8O3S/c19-11-3-1-10(2-4-11)13-6-5-12(30-13)8-21-24-14(28)7-15-25-27-18(31-15)23-17(29)16-20-9-22-26-16/h1-6,8-9H,7H2,(H,24,28)(H,20,22,26)(H,23,27,29). The molecule has 11 nitrogen and oxygen atoms in total. The first-order chi connectivity index (χ1) is 15.1. The number of benzene rings is 1. The van der Waals surface area contributed by atoms with Crippen LogP contribution in [0.25, 0.3) is 11.3 Å². The Bertz CT molecular complexity index is 1220. The summed E-state index contributed by atoms with van der Waals surface area (Å²) in [5, 5.41) is 21.4. The van der Waals surface area contributed by atoms with Gasteiger partial charge in [-0.15, -0.1) is 10.2 Å². The van der Waals surface area contributed by atoms with Gasteiger partial charge in [0.15, 0.2) is 0 Å². The second-order valence-corrected chi connectivity index (χ2v) is 7.47. The van der Waals surface area contributed by atoms with Gasteiger partial charge in [-0.3, -0.25) is 20.0 Å². The molecule has 3 N–H and O–H groups in total. The van der Waals surface area contributed by atoms with Crippen LogP contribution in [0, 0.1) is 0 Å². The highest BCUT2D eigenvalue weighted by molar-refractivity contribution is 7.15. The van der Waals surface area contributed by atoms with Gasteiger partial charge in [0.05, 0.1) is 12.6 Å². The Balaban J connectivity index is 1.28. The topological polar surface area (TPSA) is 151 Å². The summed E-state index contributed by atoms with van der Waals surface area (Å²) >= 11 is 6.94. The zero-order valence-electron chi connectivity index (χ0n) is 15.6. The molecule has 0 aliphatic rings. The number of furan rings is 1. The number of carbonyl (C=O) groups excluding carboxylic acids is 2. The van der Waals surface area contributed by atoms with E-state index in [1.165, 1.54) is 12.5 Å². The predicted molar refractivity (Wildman–Crippen MR) is 113 cm³/mol. The minimum atomic E-state index is -0.509. The molecule has 3 heterocycles. The van der Waals surface area contributed by atoms with Crippen molar-refractivity contribution in [1.29, 1.82) is 0 Å². The largest absolute Gasteiger partial charge is 0.455 e. The Morgan fingerprint density at radius 3 is 2.81 bits per heavy atom. The van der Waals surface area contributed by atoms with E-state index in [2.05, 4.69) is 41.2 Å². The van der Waals surface area contributed by atoms with Gasteiger partial charge < -0.3 is 4.42 Å². The summed E-state index contributed by atoms with van der Waals surface area (Å²) in [5.41, 5.74) is 3.26. The molecule has 31 heavy (non-hydrogen) atoms.